The number of rotatable bonds is 12. The quantitative estimate of drug-likeness (QED) is 0.118. The first kappa shape index (κ1) is 52.7. The van der Waals surface area contributed by atoms with Gasteiger partial charge >= 0.3 is 0 Å². The first-order chi connectivity index (χ1) is 38.0. The van der Waals surface area contributed by atoms with E-state index in [-0.39, 0.29) is 28.3 Å². The van der Waals surface area contributed by atoms with E-state index < -0.39 is 11.7 Å². The second-order valence-electron chi connectivity index (χ2n) is 23.0. The maximum atomic E-state index is 13.4. The zero-order chi connectivity index (χ0) is 53.7. The van der Waals surface area contributed by atoms with Gasteiger partial charge in [0, 0.05) is 58.6 Å². The van der Waals surface area contributed by atoms with Gasteiger partial charge in [-0.15, -0.1) is 0 Å². The second kappa shape index (κ2) is 22.9. The smallest absolute Gasteiger partial charge is 0.167 e. The molecule has 0 spiro atoms. The van der Waals surface area contributed by atoms with E-state index in [9.17, 15) is 19.8 Å². The number of aliphatic hydroxyl groups is 2. The Balaban J connectivity index is 0.000000166. The van der Waals surface area contributed by atoms with Gasteiger partial charge in [-0.1, -0.05) is 164 Å². The fraction of sp³-hybridized carbons (Fsp3) is 0.306. The summed E-state index contributed by atoms with van der Waals surface area (Å²) in [5.74, 6) is 1.03. The van der Waals surface area contributed by atoms with Gasteiger partial charge in [-0.05, 0) is 188 Å². The van der Waals surface area contributed by atoms with Crippen LogP contribution in [0.4, 0.5) is 0 Å². The average Bonchev–Trinajstić information content (AvgIpc) is 3.86. The first-order valence-corrected chi connectivity index (χ1v) is 28.4. The Labute approximate surface area is 461 Å². The van der Waals surface area contributed by atoms with Crippen molar-refractivity contribution in [3.8, 4) is 0 Å². The number of pyridine rings is 2. The zero-order valence-corrected chi connectivity index (χ0v) is 45.3. The minimum Gasteiger partial charge on any atom is -0.390 e. The highest BCUT2D eigenvalue weighted by Gasteiger charge is 2.56. The number of nitrogens with zero attached hydrogens (tertiary/aromatic N) is 2. The molecule has 6 atom stereocenters. The third kappa shape index (κ3) is 10.8. The predicted molar refractivity (Wildman–Crippen MR) is 313 cm³/mol. The molecule has 6 nitrogen and oxygen atoms in total. The number of ketones is 2. The molecule has 6 heteroatoms. The summed E-state index contributed by atoms with van der Waals surface area (Å²) < 4.78 is 0. The number of carbonyl (C=O) groups is 2. The number of hydrogen-bond donors (Lipinski definition) is 2. The lowest BCUT2D eigenvalue weighted by atomic mass is 9.54. The molecule has 2 heterocycles. The molecule has 8 aromatic rings. The molecule has 394 valence electrons. The lowest BCUT2D eigenvalue weighted by molar-refractivity contribution is -0.143. The molecule has 0 amide bonds. The Morgan fingerprint density at radius 1 is 0.551 bits per heavy atom. The predicted octanol–water partition coefficient (Wildman–Crippen LogP) is 14.4. The van der Waals surface area contributed by atoms with Crippen molar-refractivity contribution in [2.24, 2.45) is 11.8 Å². The van der Waals surface area contributed by atoms with Crippen molar-refractivity contribution in [2.75, 3.05) is 0 Å². The Morgan fingerprint density at radius 3 is 1.58 bits per heavy atom. The minimum absolute atomic E-state index is 0.0486. The summed E-state index contributed by atoms with van der Waals surface area (Å²) in [6.07, 6.45) is 17.1. The molecule has 0 radical (unpaired) electrons. The van der Waals surface area contributed by atoms with Crippen molar-refractivity contribution in [2.45, 2.75) is 126 Å². The van der Waals surface area contributed by atoms with Gasteiger partial charge in [0.1, 0.15) is 5.60 Å². The molecule has 1 fully saturated rings. The highest BCUT2D eigenvalue weighted by atomic mass is 16.3. The van der Waals surface area contributed by atoms with Crippen LogP contribution in [0.2, 0.25) is 0 Å². The number of aryl methyl sites for hydroxylation is 4. The van der Waals surface area contributed by atoms with E-state index in [1.807, 2.05) is 80.6 Å². The topological polar surface area (TPSA) is 100 Å². The summed E-state index contributed by atoms with van der Waals surface area (Å²) in [4.78, 5) is 35.5. The average molecular weight is 1030 g/mol. The van der Waals surface area contributed by atoms with Crippen molar-refractivity contribution in [3.63, 3.8) is 0 Å². The van der Waals surface area contributed by atoms with E-state index in [1.165, 1.54) is 50.9 Å². The normalized spacial score (nSPS) is 23.3. The molecule has 1 saturated carbocycles. The summed E-state index contributed by atoms with van der Waals surface area (Å²) in [6, 6.07) is 62.7. The number of benzene rings is 6. The van der Waals surface area contributed by atoms with Crippen LogP contribution >= 0.6 is 0 Å². The molecule has 0 unspecified atom stereocenters. The summed E-state index contributed by atoms with van der Waals surface area (Å²) in [5, 5.41) is 23.7. The van der Waals surface area contributed by atoms with Crippen molar-refractivity contribution >= 4 is 17.1 Å². The van der Waals surface area contributed by atoms with Gasteiger partial charge in [-0.2, -0.15) is 0 Å². The molecular weight excluding hydrogens is 957 g/mol. The van der Waals surface area contributed by atoms with Gasteiger partial charge in [-0.25, -0.2) is 0 Å². The molecule has 0 bridgehead atoms. The van der Waals surface area contributed by atoms with Crippen molar-refractivity contribution in [1.29, 1.82) is 0 Å². The van der Waals surface area contributed by atoms with Gasteiger partial charge in [0.2, 0.25) is 0 Å². The second-order valence-corrected chi connectivity index (χ2v) is 23.0. The molecule has 4 aliphatic carbocycles. The van der Waals surface area contributed by atoms with Crippen LogP contribution in [0.3, 0.4) is 0 Å². The molecule has 4 aliphatic rings. The van der Waals surface area contributed by atoms with Crippen LogP contribution in [0.15, 0.2) is 200 Å². The largest absolute Gasteiger partial charge is 0.390 e. The first-order valence-electron chi connectivity index (χ1n) is 28.4. The number of carbonyl (C=O) groups excluding carboxylic acids is 2. The number of aliphatic hydroxyl groups excluding tert-OH is 1. The zero-order valence-electron chi connectivity index (χ0n) is 45.3. The van der Waals surface area contributed by atoms with E-state index in [2.05, 4.69) is 131 Å². The molecular formula is C72H72N2O4. The van der Waals surface area contributed by atoms with E-state index >= 15 is 0 Å². The van der Waals surface area contributed by atoms with Gasteiger partial charge in [0.05, 0.1) is 6.10 Å². The Kier molecular flexibility index (Phi) is 15.5. The van der Waals surface area contributed by atoms with E-state index in [4.69, 9.17) is 0 Å². The van der Waals surface area contributed by atoms with Crippen molar-refractivity contribution in [3.05, 3.63) is 279 Å². The number of Topliss-reactive ketones (excluding diaryl/α,β-unsaturated/α-hetero) is 2. The van der Waals surface area contributed by atoms with Crippen LogP contribution in [0.1, 0.15) is 139 Å². The number of fused-ring (bicyclic) bond motifs is 6. The Bertz CT molecular complexity index is 3430. The fourth-order valence-corrected chi connectivity index (χ4v) is 14.2. The Morgan fingerprint density at radius 2 is 1.04 bits per heavy atom. The standard InChI is InChI=1S/C36H37NO3.C36H35NO/c1-25-27(13-9-19-37-25)21-33(38)29-17-18-32-28(20-29)12-8-16-31-23-36(40,30-14-6-3-7-15-30)34(39)24-35(31,32)22-26-10-4-2-5-11-26;1-26-29(15-9-21-37-26)24-35(38)32-17-18-34-31(22-32)14-8-16-33-23-30(28-12-6-3-7-13-28)19-20-36(33,34)25-27-10-4-2-5-11-27/h2-7,9-11,13-15,17-20,31,34,39-40H,8,12,16,21-24H2,1H3;2-7,9-13,15,17-19,21-22,33H,8,14,16,20,23-25H2,1H3/t31-,34+,35+,36+;33-,36-/m00/s1. The van der Waals surface area contributed by atoms with Crippen molar-refractivity contribution in [1.82, 2.24) is 9.97 Å². The summed E-state index contributed by atoms with van der Waals surface area (Å²) in [6.45, 7) is 3.92. The number of aromatic nitrogens is 2. The highest BCUT2D eigenvalue weighted by Crippen LogP contribution is 2.56. The van der Waals surface area contributed by atoms with Crippen LogP contribution in [0.5, 0.6) is 0 Å². The van der Waals surface area contributed by atoms with E-state index in [0.29, 0.717) is 31.6 Å². The lowest BCUT2D eigenvalue weighted by Crippen LogP contribution is -2.55. The van der Waals surface area contributed by atoms with Crippen LogP contribution in [0.25, 0.3) is 5.57 Å². The van der Waals surface area contributed by atoms with Gasteiger partial charge < -0.3 is 10.2 Å². The summed E-state index contributed by atoms with van der Waals surface area (Å²) in [7, 11) is 0. The van der Waals surface area contributed by atoms with Crippen LogP contribution < -0.4 is 0 Å². The Hall–Kier alpha value is -7.38. The molecule has 2 aromatic heterocycles. The van der Waals surface area contributed by atoms with Gasteiger partial charge in [0.25, 0.3) is 0 Å². The van der Waals surface area contributed by atoms with Gasteiger partial charge in [-0.3, -0.25) is 19.6 Å². The monoisotopic (exact) mass is 1030 g/mol. The van der Waals surface area contributed by atoms with Crippen LogP contribution in [-0.4, -0.2) is 37.9 Å². The van der Waals surface area contributed by atoms with E-state index in [0.717, 1.165) is 97.0 Å². The number of allylic oxidation sites excluding steroid dienone is 2. The SMILES string of the molecule is Cc1ncccc1CC(=O)c1ccc2c(c1)CCC[C@H]1CC(c3ccccc3)=CC[C@@]21Cc1ccccc1.Cc1ncccc1CC(=O)c1ccc2c(c1)CCC[C@H]1C[C@@](O)(c3ccccc3)[C@H](O)C[C@@]21Cc1ccccc1. The molecule has 2 N–H and O–H groups in total. The van der Waals surface area contributed by atoms with Gasteiger partial charge in [0.15, 0.2) is 11.6 Å². The molecule has 0 aliphatic heterocycles. The molecule has 6 aromatic carbocycles. The third-order valence-corrected chi connectivity index (χ3v) is 18.4. The summed E-state index contributed by atoms with van der Waals surface area (Å²) in [5.41, 5.74) is 15.3. The van der Waals surface area contributed by atoms with Crippen LogP contribution in [0, 0.1) is 25.7 Å². The minimum atomic E-state index is -1.28. The van der Waals surface area contributed by atoms with E-state index in [1.54, 1.807) is 12.4 Å². The number of hydrogen-bond acceptors (Lipinski definition) is 6. The maximum Gasteiger partial charge on any atom is 0.167 e. The molecule has 0 saturated heterocycles. The third-order valence-electron chi connectivity index (χ3n) is 18.4. The van der Waals surface area contributed by atoms with Crippen molar-refractivity contribution < 1.29 is 19.8 Å². The van der Waals surface area contributed by atoms with Crippen LogP contribution in [-0.2, 0) is 55.0 Å². The molecule has 78 heavy (non-hydrogen) atoms. The fourth-order valence-electron chi connectivity index (χ4n) is 14.2. The lowest BCUT2D eigenvalue weighted by Gasteiger charge is -2.53. The highest BCUT2D eigenvalue weighted by molar-refractivity contribution is 5.98. The maximum absolute atomic E-state index is 13.4. The summed E-state index contributed by atoms with van der Waals surface area (Å²) >= 11 is 0. The molecule has 12 rings (SSSR count).